The highest BCUT2D eigenvalue weighted by atomic mass is 35.5. The molecule has 1 unspecified atom stereocenters. The molecule has 5 nitrogen and oxygen atoms in total. The van der Waals surface area contributed by atoms with Gasteiger partial charge >= 0.3 is 0 Å². The molecule has 20 heavy (non-hydrogen) atoms. The van der Waals surface area contributed by atoms with Gasteiger partial charge in [0.1, 0.15) is 0 Å². The number of nitrogens with one attached hydrogen (secondary N) is 1. The molecule has 1 atom stereocenters. The lowest BCUT2D eigenvalue weighted by molar-refractivity contribution is 0.200. The molecule has 0 aliphatic carbocycles. The van der Waals surface area contributed by atoms with Crippen molar-refractivity contribution in [2.45, 2.75) is 24.2 Å². The third-order valence-corrected chi connectivity index (χ3v) is 5.86. The molecule has 0 radical (unpaired) electrons. The lowest BCUT2D eigenvalue weighted by atomic mass is 10.1. The van der Waals surface area contributed by atoms with E-state index in [0.29, 0.717) is 16.9 Å². The van der Waals surface area contributed by atoms with Crippen molar-refractivity contribution in [3.8, 4) is 0 Å². The van der Waals surface area contributed by atoms with Crippen LogP contribution in [0.5, 0.6) is 0 Å². The third kappa shape index (κ3) is 3.12. The predicted molar refractivity (Wildman–Crippen MR) is 79.7 cm³/mol. The Hall–Kier alpha value is -1.15. The molecule has 0 fully saturated rings. The van der Waals surface area contributed by atoms with Gasteiger partial charge in [0.15, 0.2) is 8.68 Å². The van der Waals surface area contributed by atoms with Gasteiger partial charge in [0.05, 0.1) is 17.5 Å². The number of aliphatic hydroxyl groups is 1. The Balaban J connectivity index is 2.41. The van der Waals surface area contributed by atoms with E-state index in [9.17, 15) is 13.5 Å². The highest BCUT2D eigenvalue weighted by Crippen LogP contribution is 2.30. The van der Waals surface area contributed by atoms with Gasteiger partial charge in [-0.05, 0) is 19.9 Å². The van der Waals surface area contributed by atoms with Crippen LogP contribution in [0.3, 0.4) is 0 Å². The van der Waals surface area contributed by atoms with Crippen LogP contribution in [-0.4, -0.2) is 18.5 Å². The summed E-state index contributed by atoms with van der Waals surface area (Å²) in [6.45, 7) is 3.15. The fraction of sp³-hybridized carbons (Fsp3) is 0.250. The zero-order chi connectivity index (χ0) is 14.9. The molecule has 8 heteroatoms. The van der Waals surface area contributed by atoms with Crippen LogP contribution in [0, 0.1) is 6.92 Å². The van der Waals surface area contributed by atoms with E-state index >= 15 is 0 Å². The number of anilines is 1. The van der Waals surface area contributed by atoms with E-state index in [4.69, 9.17) is 11.6 Å². The Kier molecular flexibility index (Phi) is 4.33. The minimum absolute atomic E-state index is 0.0721. The van der Waals surface area contributed by atoms with Crippen molar-refractivity contribution in [3.05, 3.63) is 40.0 Å². The number of hydrogen-bond acceptors (Lipinski definition) is 5. The molecule has 1 heterocycles. The lowest BCUT2D eigenvalue weighted by Gasteiger charge is -2.13. The first-order chi connectivity index (χ1) is 9.31. The van der Waals surface area contributed by atoms with Gasteiger partial charge in [-0.25, -0.2) is 13.4 Å². The Morgan fingerprint density at radius 2 is 2.05 bits per heavy atom. The van der Waals surface area contributed by atoms with Gasteiger partial charge in [-0.1, -0.05) is 41.1 Å². The summed E-state index contributed by atoms with van der Waals surface area (Å²) in [4.78, 5) is 3.89. The third-order valence-electron chi connectivity index (χ3n) is 2.63. The summed E-state index contributed by atoms with van der Waals surface area (Å²) < 4.78 is 27.4. The molecule has 2 aromatic rings. The van der Waals surface area contributed by atoms with Crippen molar-refractivity contribution in [2.75, 3.05) is 4.72 Å². The van der Waals surface area contributed by atoms with Crippen LogP contribution >= 0.6 is 22.9 Å². The summed E-state index contributed by atoms with van der Waals surface area (Å²) in [7, 11) is -3.77. The molecule has 0 saturated heterocycles. The average molecular weight is 333 g/mol. The zero-order valence-corrected chi connectivity index (χ0v) is 13.2. The van der Waals surface area contributed by atoms with Crippen LogP contribution in [0.2, 0.25) is 4.47 Å². The molecule has 2 N–H and O–H groups in total. The molecule has 0 aliphatic rings. The van der Waals surface area contributed by atoms with Crippen molar-refractivity contribution >= 4 is 38.6 Å². The molecule has 0 saturated carbocycles. The highest BCUT2D eigenvalue weighted by molar-refractivity contribution is 7.94. The van der Waals surface area contributed by atoms with Crippen LogP contribution in [0.4, 0.5) is 5.69 Å². The Labute approximate surface area is 126 Å². The smallest absolute Gasteiger partial charge is 0.273 e. The Bertz CT molecular complexity index is 726. The summed E-state index contributed by atoms with van der Waals surface area (Å²) in [6.07, 6.45) is -0.778. The molecular formula is C12H13ClN2O3S2. The van der Waals surface area contributed by atoms with Gasteiger partial charge in [-0.15, -0.1) is 0 Å². The maximum Gasteiger partial charge on any atom is 0.273 e. The second kappa shape index (κ2) is 5.69. The minimum Gasteiger partial charge on any atom is -0.389 e. The standard InChI is InChI=1S/C12H13ClN2O3S2/c1-7-11(19-12(13)14-7)20(17,18)15-10-6-4-3-5-9(10)8(2)16/h3-6,8,15-16H,1-2H3. The summed E-state index contributed by atoms with van der Waals surface area (Å²) >= 11 is 6.63. The highest BCUT2D eigenvalue weighted by Gasteiger charge is 2.23. The fourth-order valence-corrected chi connectivity index (χ4v) is 4.57. The first-order valence-electron chi connectivity index (χ1n) is 5.74. The number of para-hydroxylation sites is 1. The van der Waals surface area contributed by atoms with Gasteiger partial charge in [-0.3, -0.25) is 4.72 Å². The van der Waals surface area contributed by atoms with E-state index < -0.39 is 16.1 Å². The van der Waals surface area contributed by atoms with Gasteiger partial charge in [0, 0.05) is 5.56 Å². The monoisotopic (exact) mass is 332 g/mol. The van der Waals surface area contributed by atoms with Crippen LogP contribution in [0.1, 0.15) is 24.3 Å². The summed E-state index contributed by atoms with van der Waals surface area (Å²) in [5, 5.41) is 9.66. The van der Waals surface area contributed by atoms with E-state index in [0.717, 1.165) is 11.3 Å². The maximum absolute atomic E-state index is 12.3. The number of aryl methyl sites for hydroxylation is 1. The fourth-order valence-electron chi connectivity index (χ4n) is 1.75. The molecule has 0 amide bonds. The normalized spacial score (nSPS) is 13.2. The van der Waals surface area contributed by atoms with E-state index in [-0.39, 0.29) is 8.68 Å². The number of sulfonamides is 1. The van der Waals surface area contributed by atoms with Crippen molar-refractivity contribution < 1.29 is 13.5 Å². The lowest BCUT2D eigenvalue weighted by Crippen LogP contribution is -2.14. The number of rotatable bonds is 4. The quantitative estimate of drug-likeness (QED) is 0.902. The van der Waals surface area contributed by atoms with Crippen molar-refractivity contribution in [1.29, 1.82) is 0 Å². The van der Waals surface area contributed by atoms with Gasteiger partial charge in [-0.2, -0.15) is 0 Å². The molecule has 108 valence electrons. The number of halogens is 1. The minimum atomic E-state index is -3.77. The van der Waals surface area contributed by atoms with Crippen molar-refractivity contribution in [3.63, 3.8) is 0 Å². The van der Waals surface area contributed by atoms with Crippen molar-refractivity contribution in [1.82, 2.24) is 4.98 Å². The summed E-state index contributed by atoms with van der Waals surface area (Å²) in [6, 6.07) is 6.68. The van der Waals surface area contributed by atoms with Crippen LogP contribution in [-0.2, 0) is 10.0 Å². The van der Waals surface area contributed by atoms with Crippen LogP contribution in [0.15, 0.2) is 28.5 Å². The van der Waals surface area contributed by atoms with E-state index in [1.54, 1.807) is 38.1 Å². The van der Waals surface area contributed by atoms with E-state index in [1.807, 2.05) is 0 Å². The number of nitrogens with zero attached hydrogens (tertiary/aromatic N) is 1. The second-order valence-electron chi connectivity index (χ2n) is 4.21. The number of aliphatic hydroxyl groups excluding tert-OH is 1. The molecule has 0 bridgehead atoms. The molecular weight excluding hydrogens is 320 g/mol. The largest absolute Gasteiger partial charge is 0.389 e. The summed E-state index contributed by atoms with van der Waals surface area (Å²) in [5.41, 5.74) is 1.19. The molecule has 0 aliphatic heterocycles. The van der Waals surface area contributed by atoms with Gasteiger partial charge < -0.3 is 5.11 Å². The molecule has 2 rings (SSSR count). The average Bonchev–Trinajstić information content (AvgIpc) is 2.69. The summed E-state index contributed by atoms with van der Waals surface area (Å²) in [5.74, 6) is 0. The number of benzene rings is 1. The van der Waals surface area contributed by atoms with E-state index in [2.05, 4.69) is 9.71 Å². The van der Waals surface area contributed by atoms with Gasteiger partial charge in [0.2, 0.25) is 0 Å². The van der Waals surface area contributed by atoms with Crippen molar-refractivity contribution in [2.24, 2.45) is 0 Å². The van der Waals surface area contributed by atoms with Crippen LogP contribution < -0.4 is 4.72 Å². The first-order valence-corrected chi connectivity index (χ1v) is 8.42. The zero-order valence-electron chi connectivity index (χ0n) is 10.8. The first kappa shape index (κ1) is 15.2. The second-order valence-corrected chi connectivity index (χ2v) is 7.67. The Morgan fingerprint density at radius 1 is 1.40 bits per heavy atom. The number of aromatic nitrogens is 1. The topological polar surface area (TPSA) is 79.3 Å². The predicted octanol–water partition coefficient (Wildman–Crippen LogP) is 2.96. The van der Waals surface area contributed by atoms with Crippen LogP contribution in [0.25, 0.3) is 0 Å². The van der Waals surface area contributed by atoms with E-state index in [1.165, 1.54) is 0 Å². The molecule has 1 aromatic heterocycles. The van der Waals surface area contributed by atoms with Gasteiger partial charge in [0.25, 0.3) is 10.0 Å². The molecule has 0 spiro atoms. The Morgan fingerprint density at radius 3 is 2.60 bits per heavy atom. The maximum atomic E-state index is 12.3. The number of thiazole rings is 1. The SMILES string of the molecule is Cc1nc(Cl)sc1S(=O)(=O)Nc1ccccc1C(C)O. The molecule has 1 aromatic carbocycles. The number of hydrogen-bond donors (Lipinski definition) is 2.